The van der Waals surface area contributed by atoms with Crippen LogP contribution >= 0.6 is 0 Å². The maximum absolute atomic E-state index is 13.1. The number of benzene rings is 2. The van der Waals surface area contributed by atoms with Crippen LogP contribution in [0.1, 0.15) is 47.9 Å². The molecule has 4 rings (SSSR count). The minimum absolute atomic E-state index is 0.0799. The Morgan fingerprint density at radius 3 is 1.68 bits per heavy atom. The molecule has 128 valence electrons. The lowest BCUT2D eigenvalue weighted by atomic mass is 9.67. The molecule has 0 fully saturated rings. The van der Waals surface area contributed by atoms with E-state index in [1.807, 2.05) is 31.2 Å². The molecule has 3 nitrogen and oxygen atoms in total. The van der Waals surface area contributed by atoms with Gasteiger partial charge in [0.1, 0.15) is 17.3 Å². The van der Waals surface area contributed by atoms with E-state index < -0.39 is 5.41 Å². The smallest absolute Gasteiger partial charge is 0.141 e. The molecule has 25 heavy (non-hydrogen) atoms. The topological polar surface area (TPSA) is 35.5 Å². The maximum Gasteiger partial charge on any atom is 0.141 e. The third kappa shape index (κ3) is 1.68. The summed E-state index contributed by atoms with van der Waals surface area (Å²) >= 11 is 0. The summed E-state index contributed by atoms with van der Waals surface area (Å²) in [4.78, 5) is 13.1. The highest BCUT2D eigenvalue weighted by molar-refractivity contribution is 5.94. The molecular weight excluding hydrogens is 312 g/mol. The van der Waals surface area contributed by atoms with E-state index in [1.54, 1.807) is 21.1 Å². The molecule has 0 saturated heterocycles. The lowest BCUT2D eigenvalue weighted by Gasteiger charge is -2.33. The number of rotatable bonds is 4. The van der Waals surface area contributed by atoms with Gasteiger partial charge in [-0.15, -0.1) is 0 Å². The van der Waals surface area contributed by atoms with E-state index in [0.717, 1.165) is 28.2 Å². The Morgan fingerprint density at radius 1 is 0.920 bits per heavy atom. The average molecular weight is 334 g/mol. The minimum Gasteiger partial charge on any atom is -0.496 e. The predicted octanol–water partition coefficient (Wildman–Crippen LogP) is 4.45. The average Bonchev–Trinajstić information content (AvgIpc) is 3.09. The van der Waals surface area contributed by atoms with Gasteiger partial charge in [-0.2, -0.15) is 0 Å². The Labute approximate surface area is 148 Å². The fraction of sp³-hybridized carbons (Fsp3) is 0.318. The fourth-order valence-electron chi connectivity index (χ4n) is 5.21. The van der Waals surface area contributed by atoms with Gasteiger partial charge in [0.25, 0.3) is 0 Å². The molecular formula is C22H22O3. The van der Waals surface area contributed by atoms with Crippen molar-refractivity contribution >= 4 is 5.78 Å². The summed E-state index contributed by atoms with van der Waals surface area (Å²) in [5.41, 5.74) is 4.77. The van der Waals surface area contributed by atoms with Crippen molar-refractivity contribution < 1.29 is 14.3 Å². The van der Waals surface area contributed by atoms with Crippen molar-refractivity contribution in [1.29, 1.82) is 0 Å². The zero-order chi connectivity index (χ0) is 17.9. The van der Waals surface area contributed by atoms with Crippen molar-refractivity contribution in [2.24, 2.45) is 5.41 Å². The summed E-state index contributed by atoms with van der Waals surface area (Å²) in [5, 5.41) is 0. The summed E-state index contributed by atoms with van der Waals surface area (Å²) in [5.74, 6) is 1.60. The molecule has 0 aromatic heterocycles. The molecule has 0 heterocycles. The molecule has 0 saturated carbocycles. The van der Waals surface area contributed by atoms with E-state index >= 15 is 0 Å². The van der Waals surface area contributed by atoms with Gasteiger partial charge in [0.05, 0.1) is 19.6 Å². The summed E-state index contributed by atoms with van der Waals surface area (Å²) < 4.78 is 11.4. The number of ether oxygens (including phenoxy) is 2. The van der Waals surface area contributed by atoms with Gasteiger partial charge in [-0.1, -0.05) is 36.4 Å². The largest absolute Gasteiger partial charge is 0.496 e. The van der Waals surface area contributed by atoms with E-state index in [4.69, 9.17) is 9.47 Å². The summed E-state index contributed by atoms with van der Waals surface area (Å²) in [6, 6.07) is 12.2. The molecule has 0 radical (unpaired) electrons. The lowest BCUT2D eigenvalue weighted by molar-refractivity contribution is -0.125. The number of fused-ring (bicyclic) bond motifs is 8. The minimum atomic E-state index is -0.673. The molecule has 1 unspecified atom stereocenters. The van der Waals surface area contributed by atoms with Crippen LogP contribution in [0.2, 0.25) is 0 Å². The van der Waals surface area contributed by atoms with Gasteiger partial charge < -0.3 is 9.47 Å². The number of hydrogen-bond donors (Lipinski definition) is 0. The molecule has 2 aromatic carbocycles. The van der Waals surface area contributed by atoms with Crippen molar-refractivity contribution in [3.63, 3.8) is 0 Å². The Balaban J connectivity index is 2.16. The van der Waals surface area contributed by atoms with Crippen molar-refractivity contribution in [2.45, 2.75) is 25.7 Å². The number of carbonyl (C=O) groups is 1. The Bertz CT molecular complexity index is 835. The summed E-state index contributed by atoms with van der Waals surface area (Å²) in [6.07, 6.45) is 0. The Morgan fingerprint density at radius 2 is 1.36 bits per heavy atom. The van der Waals surface area contributed by atoms with Crippen LogP contribution in [0.5, 0.6) is 11.5 Å². The van der Waals surface area contributed by atoms with Crippen LogP contribution in [-0.2, 0) is 4.79 Å². The second-order valence-corrected chi connectivity index (χ2v) is 7.00. The van der Waals surface area contributed by atoms with Crippen molar-refractivity contribution in [3.8, 4) is 11.5 Å². The number of carbonyl (C=O) groups excluding carboxylic acids is 1. The zero-order valence-electron chi connectivity index (χ0n) is 15.1. The monoisotopic (exact) mass is 334 g/mol. The van der Waals surface area contributed by atoms with Crippen LogP contribution in [0.15, 0.2) is 48.6 Å². The first-order chi connectivity index (χ1) is 12.0. The predicted molar refractivity (Wildman–Crippen MR) is 97.6 cm³/mol. The van der Waals surface area contributed by atoms with Gasteiger partial charge in [-0.3, -0.25) is 4.79 Å². The summed E-state index contributed by atoms with van der Waals surface area (Å²) in [7, 11) is 3.35. The normalized spacial score (nSPS) is 25.3. The number of ketones is 1. The van der Waals surface area contributed by atoms with Gasteiger partial charge in [0.2, 0.25) is 0 Å². The SMILES string of the molecule is C=C(C)C1(C(C)=O)[C@@H]2c3ccccc3[C@H]1c1c(OC)ccc(OC)c12. The highest BCUT2D eigenvalue weighted by Gasteiger charge is 2.64. The molecule has 2 aliphatic rings. The number of hydrogen-bond acceptors (Lipinski definition) is 3. The van der Waals surface area contributed by atoms with Crippen LogP contribution in [0.4, 0.5) is 0 Å². The quantitative estimate of drug-likeness (QED) is 0.775. The van der Waals surface area contributed by atoms with E-state index in [9.17, 15) is 4.79 Å². The third-order valence-corrected chi connectivity index (χ3v) is 6.04. The second kappa shape index (κ2) is 5.22. The van der Waals surface area contributed by atoms with Crippen LogP contribution in [0, 0.1) is 5.41 Å². The standard InChI is InChI=1S/C22H22O3/c1-12(2)22(13(3)23)20-14-8-6-7-9-15(14)21(22)19-17(25-5)11-10-16(24-4)18(19)20/h6-11,20-21H,1H2,2-5H3/t20-,21+,22?. The highest BCUT2D eigenvalue weighted by Crippen LogP contribution is 2.72. The number of methoxy groups -OCH3 is 2. The van der Waals surface area contributed by atoms with Crippen LogP contribution in [0.3, 0.4) is 0 Å². The Kier molecular flexibility index (Phi) is 3.33. The van der Waals surface area contributed by atoms with Gasteiger partial charge in [-0.05, 0) is 37.1 Å². The molecule has 0 N–H and O–H groups in total. The molecule has 0 spiro atoms. The van der Waals surface area contributed by atoms with E-state index in [2.05, 4.69) is 18.7 Å². The van der Waals surface area contributed by atoms with Gasteiger partial charge in [-0.25, -0.2) is 0 Å². The van der Waals surface area contributed by atoms with E-state index in [-0.39, 0.29) is 17.6 Å². The lowest BCUT2D eigenvalue weighted by Crippen LogP contribution is -2.34. The molecule has 2 aromatic rings. The summed E-state index contributed by atoms with van der Waals surface area (Å²) in [6.45, 7) is 7.90. The van der Waals surface area contributed by atoms with Crippen molar-refractivity contribution in [2.75, 3.05) is 14.2 Å². The highest BCUT2D eigenvalue weighted by atomic mass is 16.5. The van der Waals surface area contributed by atoms with Crippen LogP contribution in [-0.4, -0.2) is 20.0 Å². The second-order valence-electron chi connectivity index (χ2n) is 7.00. The first-order valence-corrected chi connectivity index (χ1v) is 8.50. The number of allylic oxidation sites excluding steroid dienone is 1. The Hall–Kier alpha value is -2.55. The molecule has 3 heteroatoms. The van der Waals surface area contributed by atoms with Gasteiger partial charge in [0, 0.05) is 23.0 Å². The third-order valence-electron chi connectivity index (χ3n) is 6.04. The van der Waals surface area contributed by atoms with Crippen LogP contribution < -0.4 is 9.47 Å². The molecule has 0 amide bonds. The van der Waals surface area contributed by atoms with Crippen molar-refractivity contribution in [1.82, 2.24) is 0 Å². The first-order valence-electron chi connectivity index (χ1n) is 8.50. The van der Waals surface area contributed by atoms with Crippen LogP contribution in [0.25, 0.3) is 0 Å². The number of Topliss-reactive ketones (excluding diaryl/α,β-unsaturated/α-hetero) is 1. The maximum atomic E-state index is 13.1. The van der Waals surface area contributed by atoms with Crippen molar-refractivity contribution in [3.05, 3.63) is 70.8 Å². The first kappa shape index (κ1) is 15.9. The van der Waals surface area contributed by atoms with E-state index in [0.29, 0.717) is 0 Å². The zero-order valence-corrected chi connectivity index (χ0v) is 15.1. The van der Waals surface area contributed by atoms with E-state index in [1.165, 1.54) is 11.1 Å². The van der Waals surface area contributed by atoms with Gasteiger partial charge >= 0.3 is 0 Å². The molecule has 0 aliphatic heterocycles. The fourth-order valence-corrected chi connectivity index (χ4v) is 5.21. The van der Waals surface area contributed by atoms with Gasteiger partial charge in [0.15, 0.2) is 0 Å². The molecule has 2 bridgehead atoms. The molecule has 3 atom stereocenters. The molecule has 2 aliphatic carbocycles.